The lowest BCUT2D eigenvalue weighted by molar-refractivity contribution is -0.153. The SMILES string of the molecule is Cn1c(C2CN(C=O)CCN2Cc2ccc(OCC(F)(F)F)cc2)cc2ccc(Oc3cnc(C#Cc4ccc(C(F)(F)F)cc4)cn3)cc21. The van der Waals surface area contributed by atoms with Crippen molar-refractivity contribution in [3.05, 3.63) is 113 Å². The van der Waals surface area contributed by atoms with Gasteiger partial charge in [0.25, 0.3) is 0 Å². The molecule has 1 atom stereocenters. The van der Waals surface area contributed by atoms with Crippen LogP contribution in [0, 0.1) is 11.8 Å². The summed E-state index contributed by atoms with van der Waals surface area (Å²) in [4.78, 5) is 24.2. The van der Waals surface area contributed by atoms with Gasteiger partial charge in [-0.25, -0.2) is 9.97 Å². The smallest absolute Gasteiger partial charge is 0.422 e. The lowest BCUT2D eigenvalue weighted by Gasteiger charge is -2.40. The number of piperazine rings is 1. The highest BCUT2D eigenvalue weighted by Crippen LogP contribution is 2.34. The van der Waals surface area contributed by atoms with E-state index in [1.807, 2.05) is 23.7 Å². The van der Waals surface area contributed by atoms with Crippen molar-refractivity contribution in [2.45, 2.75) is 24.9 Å². The van der Waals surface area contributed by atoms with Gasteiger partial charge in [0, 0.05) is 55.9 Å². The van der Waals surface area contributed by atoms with Gasteiger partial charge in [-0.15, -0.1) is 0 Å². The van der Waals surface area contributed by atoms with E-state index in [-0.39, 0.29) is 17.7 Å². The molecule has 6 rings (SSSR count). The number of amides is 1. The molecule has 5 aromatic rings. The van der Waals surface area contributed by atoms with Crippen LogP contribution in [0.2, 0.25) is 0 Å². The molecule has 0 saturated carbocycles. The Hall–Kier alpha value is -5.55. The van der Waals surface area contributed by atoms with E-state index in [0.717, 1.165) is 40.7 Å². The molecule has 0 radical (unpaired) electrons. The van der Waals surface area contributed by atoms with Gasteiger partial charge in [0.05, 0.1) is 29.5 Å². The number of benzene rings is 3. The maximum Gasteiger partial charge on any atom is 0.422 e. The van der Waals surface area contributed by atoms with E-state index in [1.165, 1.54) is 36.7 Å². The topological polar surface area (TPSA) is 72.7 Å². The molecule has 3 heterocycles. The van der Waals surface area contributed by atoms with Crippen molar-refractivity contribution < 1.29 is 40.6 Å². The number of fused-ring (bicyclic) bond motifs is 1. The molecule has 0 aliphatic carbocycles. The fourth-order valence-corrected chi connectivity index (χ4v) is 5.65. The first kappa shape index (κ1) is 34.3. The van der Waals surface area contributed by atoms with Gasteiger partial charge in [0.2, 0.25) is 12.3 Å². The monoisotopic (exact) mass is 693 g/mol. The number of carbonyl (C=O) groups excluding carboxylic acids is 1. The first-order valence-corrected chi connectivity index (χ1v) is 15.3. The second kappa shape index (κ2) is 14.1. The Morgan fingerprint density at radius 2 is 1.62 bits per heavy atom. The summed E-state index contributed by atoms with van der Waals surface area (Å²) in [6.45, 7) is 0.732. The van der Waals surface area contributed by atoms with Crippen LogP contribution in [0.25, 0.3) is 10.9 Å². The third-order valence-corrected chi connectivity index (χ3v) is 8.18. The van der Waals surface area contributed by atoms with E-state index in [9.17, 15) is 31.1 Å². The molecule has 0 bridgehead atoms. The summed E-state index contributed by atoms with van der Waals surface area (Å²) in [5.74, 6) is 6.40. The Labute approximate surface area is 282 Å². The molecule has 1 saturated heterocycles. The molecule has 2 aromatic heterocycles. The van der Waals surface area contributed by atoms with Crippen molar-refractivity contribution in [3.63, 3.8) is 0 Å². The molecule has 14 heteroatoms. The van der Waals surface area contributed by atoms with Crippen molar-refractivity contribution in [1.82, 2.24) is 24.3 Å². The fraction of sp³-hybridized carbons (Fsp3) is 0.250. The third-order valence-electron chi connectivity index (χ3n) is 8.18. The quantitative estimate of drug-likeness (QED) is 0.0979. The number of rotatable bonds is 8. The number of halogens is 6. The van der Waals surface area contributed by atoms with Gasteiger partial charge in [0.1, 0.15) is 17.2 Å². The maximum atomic E-state index is 12.8. The second-order valence-electron chi connectivity index (χ2n) is 11.7. The van der Waals surface area contributed by atoms with Crippen LogP contribution in [0.5, 0.6) is 17.4 Å². The minimum atomic E-state index is -4.42. The van der Waals surface area contributed by atoms with E-state index in [4.69, 9.17) is 9.47 Å². The van der Waals surface area contributed by atoms with Crippen LogP contribution < -0.4 is 9.47 Å². The summed E-state index contributed by atoms with van der Waals surface area (Å²) in [6.07, 6.45) is -5.20. The van der Waals surface area contributed by atoms with Crippen molar-refractivity contribution >= 4 is 17.3 Å². The summed E-state index contributed by atoms with van der Waals surface area (Å²) in [6, 6.07) is 18.5. The largest absolute Gasteiger partial charge is 0.484 e. The molecular formula is C36H29F6N5O3. The lowest BCUT2D eigenvalue weighted by atomic mass is 10.1. The van der Waals surface area contributed by atoms with Crippen molar-refractivity contribution in [2.75, 3.05) is 26.2 Å². The van der Waals surface area contributed by atoms with Crippen molar-refractivity contribution in [3.8, 4) is 29.2 Å². The van der Waals surface area contributed by atoms with E-state index >= 15 is 0 Å². The van der Waals surface area contributed by atoms with Gasteiger partial charge in [-0.05, 0) is 66.1 Å². The van der Waals surface area contributed by atoms with Crippen molar-refractivity contribution in [2.24, 2.45) is 7.05 Å². The fourth-order valence-electron chi connectivity index (χ4n) is 5.65. The Morgan fingerprint density at radius 1 is 0.880 bits per heavy atom. The normalized spacial score (nSPS) is 15.4. The van der Waals surface area contributed by atoms with E-state index in [1.54, 1.807) is 23.1 Å². The summed E-state index contributed by atoms with van der Waals surface area (Å²) in [7, 11) is 1.93. The minimum Gasteiger partial charge on any atom is -0.484 e. The second-order valence-corrected chi connectivity index (χ2v) is 11.7. The zero-order valence-corrected chi connectivity index (χ0v) is 26.5. The number of ether oxygens (including phenoxy) is 2. The van der Waals surface area contributed by atoms with E-state index < -0.39 is 24.5 Å². The molecule has 8 nitrogen and oxygen atoms in total. The molecule has 1 fully saturated rings. The number of aryl methyl sites for hydroxylation is 1. The number of nitrogens with zero attached hydrogens (tertiary/aromatic N) is 5. The molecule has 1 aliphatic heterocycles. The lowest BCUT2D eigenvalue weighted by Crippen LogP contribution is -2.47. The molecule has 1 unspecified atom stereocenters. The van der Waals surface area contributed by atoms with Crippen LogP contribution in [0.3, 0.4) is 0 Å². The summed E-state index contributed by atoms with van der Waals surface area (Å²) >= 11 is 0. The van der Waals surface area contributed by atoms with Crippen LogP contribution in [0.4, 0.5) is 26.3 Å². The Morgan fingerprint density at radius 3 is 2.28 bits per heavy atom. The van der Waals surface area contributed by atoms with Crippen molar-refractivity contribution in [1.29, 1.82) is 0 Å². The Kier molecular flexibility index (Phi) is 9.70. The Bertz CT molecular complexity index is 2020. The predicted octanol–water partition coefficient (Wildman–Crippen LogP) is 7.14. The number of alkyl halides is 6. The van der Waals surface area contributed by atoms with Gasteiger partial charge in [-0.2, -0.15) is 26.3 Å². The minimum absolute atomic E-state index is 0.132. The van der Waals surface area contributed by atoms with Gasteiger partial charge >= 0.3 is 12.4 Å². The highest BCUT2D eigenvalue weighted by molar-refractivity contribution is 5.83. The van der Waals surface area contributed by atoms with E-state index in [0.29, 0.717) is 43.2 Å². The predicted molar refractivity (Wildman–Crippen MR) is 171 cm³/mol. The molecule has 50 heavy (non-hydrogen) atoms. The average molecular weight is 694 g/mol. The average Bonchev–Trinajstić information content (AvgIpc) is 3.42. The summed E-state index contributed by atoms with van der Waals surface area (Å²) in [5, 5.41) is 0.948. The number of aromatic nitrogens is 3. The standard InChI is InChI=1S/C36H29F6N5O3/c1-45-31-17-30(50-34-19-43-28(18-44-34)10-4-24-2-8-27(9-3-24)36(40,41)42)13-7-26(31)16-32(45)33-21-46(23-48)14-15-47(33)20-25-5-11-29(12-6-25)49-22-35(37,38)39/h2-3,5-9,11-13,16-19,23,33H,14-15,20-22H2,1H3. The van der Waals surface area contributed by atoms with Gasteiger partial charge in [0.15, 0.2) is 6.61 Å². The molecular weight excluding hydrogens is 664 g/mol. The number of carbonyl (C=O) groups is 1. The van der Waals surface area contributed by atoms with Crippen LogP contribution in [-0.4, -0.2) is 63.2 Å². The van der Waals surface area contributed by atoms with Crippen LogP contribution in [0.15, 0.2) is 85.2 Å². The van der Waals surface area contributed by atoms with E-state index in [2.05, 4.69) is 32.8 Å². The molecule has 258 valence electrons. The molecule has 3 aromatic carbocycles. The molecule has 1 aliphatic rings. The van der Waals surface area contributed by atoms with Gasteiger partial charge in [-0.1, -0.05) is 18.1 Å². The molecule has 1 amide bonds. The Balaban J connectivity index is 1.15. The van der Waals surface area contributed by atoms with Gasteiger partial charge in [-0.3, -0.25) is 9.69 Å². The number of hydrogen-bond donors (Lipinski definition) is 0. The third kappa shape index (κ3) is 8.35. The van der Waals surface area contributed by atoms with Crippen LogP contribution >= 0.6 is 0 Å². The first-order chi connectivity index (χ1) is 23.8. The summed E-state index contributed by atoms with van der Waals surface area (Å²) in [5.41, 5.74) is 2.69. The highest BCUT2D eigenvalue weighted by Gasteiger charge is 2.31. The highest BCUT2D eigenvalue weighted by atomic mass is 19.4. The summed E-state index contributed by atoms with van der Waals surface area (Å²) < 4.78 is 88.8. The van der Waals surface area contributed by atoms with Gasteiger partial charge < -0.3 is 18.9 Å². The van der Waals surface area contributed by atoms with Crippen LogP contribution in [0.1, 0.15) is 34.1 Å². The number of hydrogen-bond acceptors (Lipinski definition) is 6. The van der Waals surface area contributed by atoms with Crippen LogP contribution in [-0.2, 0) is 24.6 Å². The molecule has 0 spiro atoms. The first-order valence-electron chi connectivity index (χ1n) is 15.3. The zero-order valence-electron chi connectivity index (χ0n) is 26.5. The molecule has 0 N–H and O–H groups in total. The maximum absolute atomic E-state index is 12.8. The zero-order chi connectivity index (χ0) is 35.5.